The van der Waals surface area contributed by atoms with Gasteiger partial charge in [0.05, 0.1) is 6.54 Å². The van der Waals surface area contributed by atoms with E-state index in [-0.39, 0.29) is 11.0 Å². The van der Waals surface area contributed by atoms with E-state index < -0.39 is 23.1 Å². The van der Waals surface area contributed by atoms with Crippen LogP contribution in [0.15, 0.2) is 22.9 Å². The molecule has 0 aliphatic carbocycles. The van der Waals surface area contributed by atoms with E-state index in [9.17, 15) is 13.6 Å². The van der Waals surface area contributed by atoms with Crippen molar-refractivity contribution in [1.29, 1.82) is 0 Å². The van der Waals surface area contributed by atoms with E-state index >= 15 is 0 Å². The molecule has 0 atom stereocenters. The Balaban J connectivity index is 2.24. The zero-order valence-electron chi connectivity index (χ0n) is 9.82. The molecule has 0 saturated carbocycles. The summed E-state index contributed by atoms with van der Waals surface area (Å²) < 4.78 is 27.5. The largest absolute Gasteiger partial charge is 0.334 e. The Labute approximate surface area is 115 Å². The van der Waals surface area contributed by atoms with Crippen molar-refractivity contribution in [3.8, 4) is 0 Å². The average molecular weight is 331 g/mol. The van der Waals surface area contributed by atoms with Gasteiger partial charge < -0.3 is 4.90 Å². The summed E-state index contributed by atoms with van der Waals surface area (Å²) in [5, 5.41) is 6.19. The number of amides is 1. The summed E-state index contributed by atoms with van der Waals surface area (Å²) in [5.74, 6) is -2.17. The van der Waals surface area contributed by atoms with Crippen molar-refractivity contribution in [3.63, 3.8) is 0 Å². The zero-order chi connectivity index (χ0) is 14.0. The van der Waals surface area contributed by atoms with Crippen molar-refractivity contribution in [2.75, 3.05) is 7.05 Å². The van der Waals surface area contributed by atoms with Gasteiger partial charge in [-0.05, 0) is 12.1 Å². The lowest BCUT2D eigenvalue weighted by Crippen LogP contribution is -2.28. The number of halogens is 3. The summed E-state index contributed by atoms with van der Waals surface area (Å²) in [6, 6.07) is 2.08. The topological polar surface area (TPSA) is 61.9 Å². The van der Waals surface area contributed by atoms with Crippen LogP contribution in [0.25, 0.3) is 0 Å². The van der Waals surface area contributed by atoms with Gasteiger partial charge in [-0.2, -0.15) is 5.10 Å². The van der Waals surface area contributed by atoms with E-state index in [4.69, 9.17) is 0 Å². The number of nitrogens with one attached hydrogen (secondary N) is 1. The summed E-state index contributed by atoms with van der Waals surface area (Å²) in [6.07, 6.45) is 1.29. The number of nitrogens with zero attached hydrogens (tertiary/aromatic N) is 3. The van der Waals surface area contributed by atoms with Gasteiger partial charge in [-0.15, -0.1) is 0 Å². The maximum atomic E-state index is 13.6. The Morgan fingerprint density at radius 2 is 2.05 bits per heavy atom. The number of hydrogen-bond acceptors (Lipinski definition) is 3. The lowest BCUT2D eigenvalue weighted by atomic mass is 10.1. The van der Waals surface area contributed by atoms with E-state index in [1.54, 1.807) is 0 Å². The number of H-pyrrole nitrogens is 1. The molecule has 0 aliphatic heterocycles. The highest BCUT2D eigenvalue weighted by molar-refractivity contribution is 9.10. The molecule has 1 N–H and O–H groups in total. The van der Waals surface area contributed by atoms with Crippen LogP contribution in [0, 0.1) is 11.6 Å². The van der Waals surface area contributed by atoms with Gasteiger partial charge in [0.2, 0.25) is 0 Å². The molecule has 1 aromatic carbocycles. The Bertz CT molecular complexity index is 580. The first-order chi connectivity index (χ1) is 8.99. The third kappa shape index (κ3) is 2.95. The number of rotatable bonds is 3. The lowest BCUT2D eigenvalue weighted by molar-refractivity contribution is 0.0772. The van der Waals surface area contributed by atoms with E-state index in [2.05, 4.69) is 31.1 Å². The van der Waals surface area contributed by atoms with E-state index in [0.29, 0.717) is 5.82 Å². The molecule has 2 aromatic rings. The fraction of sp³-hybridized carbons (Fsp3) is 0.182. The highest BCUT2D eigenvalue weighted by atomic mass is 79.9. The number of aromatic amines is 1. The summed E-state index contributed by atoms with van der Waals surface area (Å²) in [4.78, 5) is 17.0. The smallest absolute Gasteiger partial charge is 0.259 e. The molecule has 0 bridgehead atoms. The third-order valence-corrected chi connectivity index (χ3v) is 2.88. The Kier molecular flexibility index (Phi) is 3.89. The molecule has 1 heterocycles. The molecule has 8 heteroatoms. The van der Waals surface area contributed by atoms with Crippen molar-refractivity contribution < 1.29 is 13.6 Å². The van der Waals surface area contributed by atoms with E-state index in [0.717, 1.165) is 17.0 Å². The van der Waals surface area contributed by atoms with Crippen LogP contribution in [-0.2, 0) is 6.54 Å². The molecule has 5 nitrogen and oxygen atoms in total. The van der Waals surface area contributed by atoms with Crippen LogP contribution in [0.1, 0.15) is 16.2 Å². The number of aromatic nitrogens is 3. The predicted molar refractivity (Wildman–Crippen MR) is 66.2 cm³/mol. The third-order valence-electron chi connectivity index (χ3n) is 2.42. The first-order valence-electron chi connectivity index (χ1n) is 5.23. The monoisotopic (exact) mass is 330 g/mol. The first-order valence-corrected chi connectivity index (χ1v) is 6.02. The molecule has 100 valence electrons. The van der Waals surface area contributed by atoms with Crippen molar-refractivity contribution >= 4 is 21.8 Å². The molecule has 0 aliphatic rings. The Morgan fingerprint density at radius 1 is 1.42 bits per heavy atom. The highest BCUT2D eigenvalue weighted by Crippen LogP contribution is 2.20. The van der Waals surface area contributed by atoms with Gasteiger partial charge in [0, 0.05) is 11.5 Å². The zero-order valence-corrected chi connectivity index (χ0v) is 11.4. The van der Waals surface area contributed by atoms with Gasteiger partial charge in [0.25, 0.3) is 5.91 Å². The molecule has 0 saturated heterocycles. The summed E-state index contributed by atoms with van der Waals surface area (Å²) in [7, 11) is 1.42. The summed E-state index contributed by atoms with van der Waals surface area (Å²) in [6.45, 7) is 0.0772. The van der Waals surface area contributed by atoms with Crippen LogP contribution in [0.2, 0.25) is 0 Å². The second kappa shape index (κ2) is 5.43. The van der Waals surface area contributed by atoms with Gasteiger partial charge in [-0.1, -0.05) is 15.9 Å². The fourth-order valence-electron chi connectivity index (χ4n) is 1.54. The van der Waals surface area contributed by atoms with Crippen LogP contribution in [0.3, 0.4) is 0 Å². The standard InChI is InChI=1S/C11H9BrF2N4O/c1-18(4-9-15-5-16-17-9)11(19)10-7(13)2-6(12)3-8(10)14/h2-3,5H,4H2,1H3,(H,15,16,17). The molecular weight excluding hydrogens is 322 g/mol. The van der Waals surface area contributed by atoms with Crippen molar-refractivity contribution in [1.82, 2.24) is 20.1 Å². The maximum absolute atomic E-state index is 13.6. The fourth-order valence-corrected chi connectivity index (χ4v) is 1.94. The molecular formula is C11H9BrF2N4O. The number of hydrogen-bond donors (Lipinski definition) is 1. The Morgan fingerprint density at radius 3 is 2.58 bits per heavy atom. The molecule has 2 rings (SSSR count). The first kappa shape index (κ1) is 13.6. The number of carbonyl (C=O) groups is 1. The van der Waals surface area contributed by atoms with Crippen molar-refractivity contribution in [2.45, 2.75) is 6.54 Å². The van der Waals surface area contributed by atoms with Gasteiger partial charge in [0.1, 0.15) is 29.3 Å². The molecule has 0 spiro atoms. The predicted octanol–water partition coefficient (Wildman–Crippen LogP) is 2.12. The highest BCUT2D eigenvalue weighted by Gasteiger charge is 2.22. The van der Waals surface area contributed by atoms with E-state index in [1.165, 1.54) is 13.4 Å². The normalized spacial score (nSPS) is 10.5. The van der Waals surface area contributed by atoms with Crippen molar-refractivity contribution in [3.05, 3.63) is 46.0 Å². The minimum absolute atomic E-state index is 0.0772. The number of benzene rings is 1. The lowest BCUT2D eigenvalue weighted by Gasteiger charge is -2.16. The van der Waals surface area contributed by atoms with Crippen LogP contribution in [0.5, 0.6) is 0 Å². The molecule has 0 unspecified atom stereocenters. The van der Waals surface area contributed by atoms with Crippen LogP contribution < -0.4 is 0 Å². The van der Waals surface area contributed by atoms with Crippen molar-refractivity contribution in [2.24, 2.45) is 0 Å². The SMILES string of the molecule is CN(Cc1ncn[nH]1)C(=O)c1c(F)cc(Br)cc1F. The second-order valence-electron chi connectivity index (χ2n) is 3.84. The Hall–Kier alpha value is -1.83. The van der Waals surface area contributed by atoms with Crippen LogP contribution >= 0.6 is 15.9 Å². The molecule has 1 amide bonds. The summed E-state index contributed by atoms with van der Waals surface area (Å²) in [5.41, 5.74) is -0.592. The minimum Gasteiger partial charge on any atom is -0.334 e. The minimum atomic E-state index is -0.915. The summed E-state index contributed by atoms with van der Waals surface area (Å²) >= 11 is 2.95. The van der Waals surface area contributed by atoms with Gasteiger partial charge in [0.15, 0.2) is 0 Å². The number of carbonyl (C=O) groups excluding carboxylic acids is 1. The van der Waals surface area contributed by atoms with Gasteiger partial charge in [-0.3, -0.25) is 9.89 Å². The van der Waals surface area contributed by atoms with Gasteiger partial charge >= 0.3 is 0 Å². The second-order valence-corrected chi connectivity index (χ2v) is 4.75. The van der Waals surface area contributed by atoms with Crippen LogP contribution in [-0.4, -0.2) is 33.0 Å². The quantitative estimate of drug-likeness (QED) is 0.937. The van der Waals surface area contributed by atoms with Crippen LogP contribution in [0.4, 0.5) is 8.78 Å². The molecule has 19 heavy (non-hydrogen) atoms. The molecule has 0 radical (unpaired) electrons. The average Bonchev–Trinajstić information content (AvgIpc) is 2.80. The molecule has 0 fully saturated rings. The molecule has 1 aromatic heterocycles. The van der Waals surface area contributed by atoms with E-state index in [1.807, 2.05) is 0 Å². The van der Waals surface area contributed by atoms with Gasteiger partial charge in [-0.25, -0.2) is 13.8 Å². The maximum Gasteiger partial charge on any atom is 0.259 e.